The molecule has 2 unspecified atom stereocenters. The number of rotatable bonds is 4. The van der Waals surface area contributed by atoms with E-state index in [1.807, 2.05) is 0 Å². The number of hydrogen-bond donors (Lipinski definition) is 1. The smallest absolute Gasteiger partial charge is 0.0471 e. The molecule has 1 saturated heterocycles. The van der Waals surface area contributed by atoms with Crippen molar-refractivity contribution in [2.45, 2.75) is 50.7 Å². The van der Waals surface area contributed by atoms with Crippen molar-refractivity contribution in [1.82, 2.24) is 5.32 Å². The van der Waals surface area contributed by atoms with Crippen LogP contribution in [-0.2, 0) is 6.54 Å². The van der Waals surface area contributed by atoms with Gasteiger partial charge in [-0.1, -0.05) is 17.7 Å². The summed E-state index contributed by atoms with van der Waals surface area (Å²) >= 11 is 6.45. The van der Waals surface area contributed by atoms with Gasteiger partial charge in [0.2, 0.25) is 0 Å². The van der Waals surface area contributed by atoms with Gasteiger partial charge in [0.15, 0.2) is 0 Å². The molecule has 102 valence electrons. The minimum Gasteiger partial charge on any atom is -0.368 e. The van der Waals surface area contributed by atoms with Gasteiger partial charge in [0.1, 0.15) is 0 Å². The molecule has 0 aromatic heterocycles. The Morgan fingerprint density at radius 3 is 2.74 bits per heavy atom. The Kier molecular flexibility index (Phi) is 2.96. The molecule has 4 rings (SSSR count). The highest BCUT2D eigenvalue weighted by Gasteiger charge is 2.37. The highest BCUT2D eigenvalue weighted by molar-refractivity contribution is 6.31. The van der Waals surface area contributed by atoms with Gasteiger partial charge in [0.05, 0.1) is 0 Å². The predicted octanol–water partition coefficient (Wildman–Crippen LogP) is 3.58. The van der Waals surface area contributed by atoms with Gasteiger partial charge in [0.25, 0.3) is 0 Å². The van der Waals surface area contributed by atoms with E-state index in [4.69, 9.17) is 11.6 Å². The molecule has 19 heavy (non-hydrogen) atoms. The summed E-state index contributed by atoms with van der Waals surface area (Å²) in [5.41, 5.74) is 2.56. The second-order valence-electron chi connectivity index (χ2n) is 6.42. The Morgan fingerprint density at radius 1 is 1.21 bits per heavy atom. The molecule has 2 saturated carbocycles. The molecule has 0 amide bonds. The number of fused-ring (bicyclic) bond motifs is 2. The van der Waals surface area contributed by atoms with Crippen molar-refractivity contribution < 1.29 is 0 Å². The molecule has 0 spiro atoms. The van der Waals surface area contributed by atoms with Crippen molar-refractivity contribution >= 4 is 17.3 Å². The van der Waals surface area contributed by atoms with Crippen LogP contribution in [-0.4, -0.2) is 18.6 Å². The first-order valence-electron chi connectivity index (χ1n) is 7.58. The molecule has 1 aliphatic heterocycles. The molecule has 1 aromatic carbocycles. The summed E-state index contributed by atoms with van der Waals surface area (Å²) in [7, 11) is 0. The van der Waals surface area contributed by atoms with E-state index in [-0.39, 0.29) is 0 Å². The van der Waals surface area contributed by atoms with Crippen molar-refractivity contribution in [3.05, 3.63) is 28.8 Å². The van der Waals surface area contributed by atoms with E-state index in [0.717, 1.165) is 29.6 Å². The SMILES string of the molecule is Clc1cc(N2CC3CCC2C3)ccc1CNC1CC1. The molecule has 2 nitrogen and oxygen atoms in total. The summed E-state index contributed by atoms with van der Waals surface area (Å²) in [5, 5.41) is 4.46. The number of piperidine rings is 1. The zero-order chi connectivity index (χ0) is 12.8. The molecule has 2 aliphatic carbocycles. The average Bonchev–Trinajstić information content (AvgIpc) is 3.00. The van der Waals surface area contributed by atoms with Crippen molar-refractivity contribution in [2.75, 3.05) is 11.4 Å². The third-order valence-corrected chi connectivity index (χ3v) is 5.29. The Bertz CT molecular complexity index is 484. The van der Waals surface area contributed by atoms with E-state index in [1.54, 1.807) is 0 Å². The Hall–Kier alpha value is -0.730. The van der Waals surface area contributed by atoms with Gasteiger partial charge < -0.3 is 10.2 Å². The summed E-state index contributed by atoms with van der Waals surface area (Å²) in [4.78, 5) is 2.57. The monoisotopic (exact) mass is 276 g/mol. The molecular formula is C16H21ClN2. The van der Waals surface area contributed by atoms with Gasteiger partial charge in [-0.15, -0.1) is 0 Å². The van der Waals surface area contributed by atoms with Crippen LogP contribution in [0.2, 0.25) is 5.02 Å². The van der Waals surface area contributed by atoms with Gasteiger partial charge in [-0.2, -0.15) is 0 Å². The van der Waals surface area contributed by atoms with Gasteiger partial charge in [-0.25, -0.2) is 0 Å². The number of nitrogens with one attached hydrogen (secondary N) is 1. The fraction of sp³-hybridized carbons (Fsp3) is 0.625. The van der Waals surface area contributed by atoms with E-state index >= 15 is 0 Å². The standard InChI is InChI=1S/C16H21ClN2/c17-16-8-15(19-10-11-1-5-14(19)7-11)6-2-12(16)9-18-13-3-4-13/h2,6,8,11,13-14,18H,1,3-5,7,9-10H2. The molecule has 3 fully saturated rings. The lowest BCUT2D eigenvalue weighted by atomic mass is 10.1. The number of hydrogen-bond acceptors (Lipinski definition) is 2. The largest absolute Gasteiger partial charge is 0.368 e. The molecule has 3 aliphatic rings. The third-order valence-electron chi connectivity index (χ3n) is 4.94. The summed E-state index contributed by atoms with van der Waals surface area (Å²) in [6, 6.07) is 8.16. The van der Waals surface area contributed by atoms with Gasteiger partial charge in [-0.05, 0) is 55.7 Å². The van der Waals surface area contributed by atoms with Crippen molar-refractivity contribution in [1.29, 1.82) is 0 Å². The first-order valence-corrected chi connectivity index (χ1v) is 7.96. The zero-order valence-electron chi connectivity index (χ0n) is 11.2. The quantitative estimate of drug-likeness (QED) is 0.904. The molecule has 0 radical (unpaired) electrons. The number of anilines is 1. The lowest BCUT2D eigenvalue weighted by Gasteiger charge is -2.29. The molecule has 1 aromatic rings. The highest BCUT2D eigenvalue weighted by Crippen LogP contribution is 2.40. The summed E-state index contributed by atoms with van der Waals surface area (Å²) < 4.78 is 0. The van der Waals surface area contributed by atoms with Crippen LogP contribution < -0.4 is 10.2 Å². The normalized spacial score (nSPS) is 29.2. The molecule has 1 N–H and O–H groups in total. The lowest BCUT2D eigenvalue weighted by molar-refractivity contribution is 0.553. The maximum Gasteiger partial charge on any atom is 0.0471 e. The van der Waals surface area contributed by atoms with Gasteiger partial charge in [0, 0.05) is 35.9 Å². The minimum atomic E-state index is 0.741. The zero-order valence-corrected chi connectivity index (χ0v) is 12.0. The van der Waals surface area contributed by atoms with Crippen LogP contribution in [0.5, 0.6) is 0 Å². The van der Waals surface area contributed by atoms with E-state index in [0.29, 0.717) is 0 Å². The van der Waals surface area contributed by atoms with E-state index in [2.05, 4.69) is 28.4 Å². The Labute approximate surface area is 120 Å². The first-order chi connectivity index (χ1) is 9.29. The molecular weight excluding hydrogens is 256 g/mol. The third kappa shape index (κ3) is 2.36. The molecule has 3 heteroatoms. The summed E-state index contributed by atoms with van der Waals surface area (Å²) in [6.07, 6.45) is 6.84. The highest BCUT2D eigenvalue weighted by atomic mass is 35.5. The van der Waals surface area contributed by atoms with Crippen LogP contribution in [0.4, 0.5) is 5.69 Å². The summed E-state index contributed by atoms with van der Waals surface area (Å²) in [5.74, 6) is 0.931. The topological polar surface area (TPSA) is 15.3 Å². The second kappa shape index (κ2) is 4.68. The molecule has 2 atom stereocenters. The van der Waals surface area contributed by atoms with Crippen LogP contribution >= 0.6 is 11.6 Å². The van der Waals surface area contributed by atoms with Gasteiger partial charge >= 0.3 is 0 Å². The Morgan fingerprint density at radius 2 is 2.11 bits per heavy atom. The minimum absolute atomic E-state index is 0.741. The first kappa shape index (κ1) is 12.0. The fourth-order valence-corrected chi connectivity index (χ4v) is 3.88. The molecule has 2 bridgehead atoms. The van der Waals surface area contributed by atoms with E-state index in [1.165, 1.54) is 49.9 Å². The Balaban J connectivity index is 1.49. The van der Waals surface area contributed by atoms with E-state index < -0.39 is 0 Å². The number of halogens is 1. The van der Waals surface area contributed by atoms with Crippen molar-refractivity contribution in [2.24, 2.45) is 5.92 Å². The van der Waals surface area contributed by atoms with Gasteiger partial charge in [-0.3, -0.25) is 0 Å². The second-order valence-corrected chi connectivity index (χ2v) is 6.82. The fourth-order valence-electron chi connectivity index (χ4n) is 3.64. The lowest BCUT2D eigenvalue weighted by Crippen LogP contribution is -2.31. The van der Waals surface area contributed by atoms with Crippen LogP contribution in [0, 0.1) is 5.92 Å². The molecule has 1 heterocycles. The van der Waals surface area contributed by atoms with E-state index in [9.17, 15) is 0 Å². The maximum absolute atomic E-state index is 6.45. The van der Waals surface area contributed by atoms with Crippen LogP contribution in [0.15, 0.2) is 18.2 Å². The van der Waals surface area contributed by atoms with Crippen molar-refractivity contribution in [3.63, 3.8) is 0 Å². The average molecular weight is 277 g/mol. The van der Waals surface area contributed by atoms with Crippen LogP contribution in [0.25, 0.3) is 0 Å². The predicted molar refractivity (Wildman–Crippen MR) is 79.8 cm³/mol. The number of benzene rings is 1. The van der Waals surface area contributed by atoms with Crippen molar-refractivity contribution in [3.8, 4) is 0 Å². The maximum atomic E-state index is 6.45. The van der Waals surface area contributed by atoms with Crippen LogP contribution in [0.3, 0.4) is 0 Å². The van der Waals surface area contributed by atoms with Crippen LogP contribution in [0.1, 0.15) is 37.7 Å². The number of nitrogens with zero attached hydrogens (tertiary/aromatic N) is 1. The summed E-state index contributed by atoms with van der Waals surface area (Å²) in [6.45, 7) is 2.15.